The van der Waals surface area contributed by atoms with Crippen molar-refractivity contribution in [3.63, 3.8) is 0 Å². The van der Waals surface area contributed by atoms with Gasteiger partial charge in [0.15, 0.2) is 11.6 Å². The molecule has 2 rings (SSSR count). The third-order valence-electron chi connectivity index (χ3n) is 3.31. The number of halogens is 2. The van der Waals surface area contributed by atoms with Crippen LogP contribution in [0.5, 0.6) is 5.75 Å². The zero-order chi connectivity index (χ0) is 15.4. The Balaban J connectivity index is 1.82. The van der Waals surface area contributed by atoms with Gasteiger partial charge in [0, 0.05) is 19.6 Å². The largest absolute Gasteiger partial charge is 0.488 e. The molecular weight excluding hydrogens is 280 g/mol. The Morgan fingerprint density at radius 2 is 2.00 bits per heavy atom. The van der Waals surface area contributed by atoms with E-state index < -0.39 is 17.7 Å². The lowest BCUT2D eigenvalue weighted by Gasteiger charge is -2.36. The van der Waals surface area contributed by atoms with Crippen LogP contribution in [0.1, 0.15) is 13.8 Å². The molecule has 3 unspecified atom stereocenters. The lowest BCUT2D eigenvalue weighted by atomic mass is 10.2. The molecule has 1 aliphatic heterocycles. The Morgan fingerprint density at radius 1 is 1.33 bits per heavy atom. The van der Waals surface area contributed by atoms with Crippen molar-refractivity contribution in [1.29, 1.82) is 0 Å². The molecule has 4 nitrogen and oxygen atoms in total. The SMILES string of the molecule is CC1CN(CC(O)COc2cccc(F)c2F)CC(C)O1. The summed E-state index contributed by atoms with van der Waals surface area (Å²) in [6, 6.07) is 3.73. The summed E-state index contributed by atoms with van der Waals surface area (Å²) in [5, 5.41) is 9.97. The molecule has 0 spiro atoms. The summed E-state index contributed by atoms with van der Waals surface area (Å²) in [5.41, 5.74) is 0. The first-order valence-electron chi connectivity index (χ1n) is 7.08. The Bertz CT molecular complexity index is 462. The average Bonchev–Trinajstić information content (AvgIpc) is 2.39. The van der Waals surface area contributed by atoms with Gasteiger partial charge in [-0.05, 0) is 26.0 Å². The molecule has 3 atom stereocenters. The van der Waals surface area contributed by atoms with E-state index in [1.165, 1.54) is 12.1 Å². The summed E-state index contributed by atoms with van der Waals surface area (Å²) in [6.07, 6.45) is -0.546. The molecule has 1 aliphatic rings. The van der Waals surface area contributed by atoms with E-state index in [-0.39, 0.29) is 24.6 Å². The maximum Gasteiger partial charge on any atom is 0.200 e. The average molecular weight is 301 g/mol. The van der Waals surface area contributed by atoms with Crippen LogP contribution in [0.25, 0.3) is 0 Å². The highest BCUT2D eigenvalue weighted by molar-refractivity contribution is 5.25. The number of hydrogen-bond acceptors (Lipinski definition) is 4. The zero-order valence-corrected chi connectivity index (χ0v) is 12.3. The van der Waals surface area contributed by atoms with E-state index in [1.807, 2.05) is 13.8 Å². The first-order chi connectivity index (χ1) is 9.95. The molecular formula is C15H21F2NO3. The molecule has 0 aliphatic carbocycles. The number of β-amino-alcohol motifs (C(OH)–C–C–N with tert-alkyl or cyclic N) is 1. The van der Waals surface area contributed by atoms with E-state index in [0.717, 1.165) is 19.2 Å². The molecule has 1 fully saturated rings. The van der Waals surface area contributed by atoms with Crippen molar-refractivity contribution >= 4 is 0 Å². The molecule has 1 N–H and O–H groups in total. The Morgan fingerprint density at radius 3 is 2.67 bits per heavy atom. The van der Waals surface area contributed by atoms with Crippen LogP contribution in [0.15, 0.2) is 18.2 Å². The van der Waals surface area contributed by atoms with Crippen molar-refractivity contribution in [2.75, 3.05) is 26.2 Å². The fourth-order valence-electron chi connectivity index (χ4n) is 2.57. The second-order valence-corrected chi connectivity index (χ2v) is 5.49. The highest BCUT2D eigenvalue weighted by Gasteiger charge is 2.24. The summed E-state index contributed by atoms with van der Waals surface area (Å²) in [5.74, 6) is -2.17. The molecule has 118 valence electrons. The normalized spacial score (nSPS) is 24.8. The zero-order valence-electron chi connectivity index (χ0n) is 12.3. The van der Waals surface area contributed by atoms with Gasteiger partial charge in [-0.25, -0.2) is 4.39 Å². The molecule has 1 saturated heterocycles. The van der Waals surface area contributed by atoms with Crippen molar-refractivity contribution in [2.24, 2.45) is 0 Å². The molecule has 1 heterocycles. The second kappa shape index (κ2) is 7.15. The minimum Gasteiger partial charge on any atom is -0.488 e. The molecule has 6 heteroatoms. The van der Waals surface area contributed by atoms with Gasteiger partial charge in [-0.1, -0.05) is 6.07 Å². The van der Waals surface area contributed by atoms with Crippen LogP contribution in [0.4, 0.5) is 8.78 Å². The molecule has 1 aromatic carbocycles. The van der Waals surface area contributed by atoms with Crippen molar-refractivity contribution < 1.29 is 23.4 Å². The molecule has 0 aromatic heterocycles. The summed E-state index contributed by atoms with van der Waals surface area (Å²) in [7, 11) is 0. The number of nitrogens with zero attached hydrogens (tertiary/aromatic N) is 1. The van der Waals surface area contributed by atoms with E-state index >= 15 is 0 Å². The Kier molecular flexibility index (Phi) is 5.50. The van der Waals surface area contributed by atoms with Gasteiger partial charge in [0.25, 0.3) is 0 Å². The van der Waals surface area contributed by atoms with Crippen molar-refractivity contribution in [3.8, 4) is 5.75 Å². The van der Waals surface area contributed by atoms with Crippen LogP contribution >= 0.6 is 0 Å². The summed E-state index contributed by atoms with van der Waals surface area (Å²) in [6.45, 7) is 5.75. The monoisotopic (exact) mass is 301 g/mol. The third kappa shape index (κ3) is 4.62. The van der Waals surface area contributed by atoms with Crippen molar-refractivity contribution in [3.05, 3.63) is 29.8 Å². The maximum atomic E-state index is 13.4. The van der Waals surface area contributed by atoms with Crippen LogP contribution < -0.4 is 4.74 Å². The van der Waals surface area contributed by atoms with Gasteiger partial charge < -0.3 is 14.6 Å². The van der Waals surface area contributed by atoms with Crippen LogP contribution in [-0.4, -0.2) is 54.6 Å². The summed E-state index contributed by atoms with van der Waals surface area (Å²) >= 11 is 0. The summed E-state index contributed by atoms with van der Waals surface area (Å²) < 4.78 is 37.2. The summed E-state index contributed by atoms with van der Waals surface area (Å²) in [4.78, 5) is 2.08. The standard InChI is InChI=1S/C15H21F2NO3/c1-10-6-18(7-11(2)21-10)8-12(19)9-20-14-5-3-4-13(16)15(14)17/h3-5,10-12,19H,6-9H2,1-2H3. The van der Waals surface area contributed by atoms with Crippen LogP contribution in [-0.2, 0) is 4.74 Å². The molecule has 0 bridgehead atoms. The number of morpholine rings is 1. The number of hydrogen-bond donors (Lipinski definition) is 1. The third-order valence-corrected chi connectivity index (χ3v) is 3.31. The predicted molar refractivity (Wildman–Crippen MR) is 74.3 cm³/mol. The van der Waals surface area contributed by atoms with E-state index in [1.54, 1.807) is 0 Å². The minimum atomic E-state index is -1.03. The predicted octanol–water partition coefficient (Wildman–Crippen LogP) is 1.81. The molecule has 0 amide bonds. The Hall–Kier alpha value is -1.24. The second-order valence-electron chi connectivity index (χ2n) is 5.49. The van der Waals surface area contributed by atoms with E-state index in [2.05, 4.69) is 4.90 Å². The van der Waals surface area contributed by atoms with Crippen molar-refractivity contribution in [1.82, 2.24) is 4.90 Å². The lowest BCUT2D eigenvalue weighted by Crippen LogP contribution is -2.48. The minimum absolute atomic E-state index is 0.0828. The van der Waals surface area contributed by atoms with Crippen LogP contribution in [0.2, 0.25) is 0 Å². The number of aliphatic hydroxyl groups is 1. The van der Waals surface area contributed by atoms with Gasteiger partial charge in [-0.3, -0.25) is 4.90 Å². The fourth-order valence-corrected chi connectivity index (χ4v) is 2.57. The first-order valence-corrected chi connectivity index (χ1v) is 7.08. The molecule has 0 saturated carbocycles. The van der Waals surface area contributed by atoms with Crippen molar-refractivity contribution in [2.45, 2.75) is 32.2 Å². The number of rotatable bonds is 5. The van der Waals surface area contributed by atoms with Gasteiger partial charge >= 0.3 is 0 Å². The van der Waals surface area contributed by atoms with Gasteiger partial charge in [-0.15, -0.1) is 0 Å². The molecule has 21 heavy (non-hydrogen) atoms. The van der Waals surface area contributed by atoms with Crippen LogP contribution in [0, 0.1) is 11.6 Å². The van der Waals surface area contributed by atoms with Gasteiger partial charge in [0.1, 0.15) is 12.7 Å². The highest BCUT2D eigenvalue weighted by atomic mass is 19.2. The maximum absolute atomic E-state index is 13.4. The van der Waals surface area contributed by atoms with E-state index in [9.17, 15) is 13.9 Å². The lowest BCUT2D eigenvalue weighted by molar-refractivity contribution is -0.0787. The van der Waals surface area contributed by atoms with Gasteiger partial charge in [0.05, 0.1) is 12.2 Å². The van der Waals surface area contributed by atoms with E-state index in [4.69, 9.17) is 9.47 Å². The smallest absolute Gasteiger partial charge is 0.200 e. The van der Waals surface area contributed by atoms with Crippen LogP contribution in [0.3, 0.4) is 0 Å². The quantitative estimate of drug-likeness (QED) is 0.901. The van der Waals surface area contributed by atoms with Gasteiger partial charge in [-0.2, -0.15) is 4.39 Å². The number of ether oxygens (including phenoxy) is 2. The Labute approximate surface area is 123 Å². The van der Waals surface area contributed by atoms with Gasteiger partial charge in [0.2, 0.25) is 5.82 Å². The fraction of sp³-hybridized carbons (Fsp3) is 0.600. The first kappa shape index (κ1) is 16.1. The topological polar surface area (TPSA) is 41.9 Å². The number of aliphatic hydroxyl groups excluding tert-OH is 1. The number of benzene rings is 1. The molecule has 1 aromatic rings. The highest BCUT2D eigenvalue weighted by Crippen LogP contribution is 2.19. The van der Waals surface area contributed by atoms with E-state index in [0.29, 0.717) is 6.54 Å². The molecule has 0 radical (unpaired) electrons.